The second kappa shape index (κ2) is 11.8. The van der Waals surface area contributed by atoms with Crippen molar-refractivity contribution in [3.63, 3.8) is 0 Å². The van der Waals surface area contributed by atoms with Gasteiger partial charge in [-0.3, -0.25) is 4.79 Å². The first kappa shape index (κ1) is 24.0. The molecule has 34 heavy (non-hydrogen) atoms. The van der Waals surface area contributed by atoms with Crippen molar-refractivity contribution in [3.05, 3.63) is 83.2 Å². The number of hydrogen-bond acceptors (Lipinski definition) is 4. The van der Waals surface area contributed by atoms with Crippen LogP contribution < -0.4 is 15.5 Å². The number of halogens is 1. The van der Waals surface area contributed by atoms with Crippen LogP contribution in [0.5, 0.6) is 0 Å². The molecule has 0 aliphatic carbocycles. The quantitative estimate of drug-likeness (QED) is 0.430. The molecule has 1 aliphatic heterocycles. The summed E-state index contributed by atoms with van der Waals surface area (Å²) in [5, 5.41) is 6.59. The van der Waals surface area contributed by atoms with Gasteiger partial charge in [-0.05, 0) is 61.6 Å². The number of amides is 1. The Morgan fingerprint density at radius 1 is 1.09 bits per heavy atom. The minimum atomic E-state index is -0.246. The minimum absolute atomic E-state index is 0.0132. The van der Waals surface area contributed by atoms with Crippen LogP contribution in [-0.4, -0.2) is 48.1 Å². The van der Waals surface area contributed by atoms with Crippen molar-refractivity contribution in [3.8, 4) is 0 Å². The maximum atomic E-state index is 13.2. The van der Waals surface area contributed by atoms with E-state index < -0.39 is 0 Å². The van der Waals surface area contributed by atoms with Crippen molar-refractivity contribution in [1.29, 1.82) is 0 Å². The van der Waals surface area contributed by atoms with E-state index in [1.165, 1.54) is 17.8 Å². The Bertz CT molecular complexity index is 1060. The maximum absolute atomic E-state index is 13.2. The third-order valence-electron chi connectivity index (χ3n) is 6.34. The average Bonchev–Trinajstić information content (AvgIpc) is 3.25. The molecular formula is C27H34FN5O. The fraction of sp³-hybridized carbons (Fsp3) is 0.407. The van der Waals surface area contributed by atoms with Crippen LogP contribution in [0.4, 0.5) is 10.1 Å². The number of aromatic nitrogens is 2. The highest BCUT2D eigenvalue weighted by Crippen LogP contribution is 2.21. The smallest absolute Gasteiger partial charge is 0.224 e. The van der Waals surface area contributed by atoms with Crippen molar-refractivity contribution >= 4 is 11.6 Å². The molecular weight excluding hydrogens is 429 g/mol. The molecule has 7 heteroatoms. The van der Waals surface area contributed by atoms with E-state index in [0.717, 1.165) is 61.5 Å². The SMILES string of the molecule is Cc1cnc(CCNC2CCN(c3ccc(CC(=O)NCCc4cccc(F)c4)cc3)CC2)[nH]1. The molecule has 1 fully saturated rings. The molecule has 3 aromatic rings. The highest BCUT2D eigenvalue weighted by atomic mass is 19.1. The minimum Gasteiger partial charge on any atom is -0.371 e. The Morgan fingerprint density at radius 3 is 2.59 bits per heavy atom. The third-order valence-corrected chi connectivity index (χ3v) is 6.34. The van der Waals surface area contributed by atoms with Crippen molar-refractivity contribution in [1.82, 2.24) is 20.6 Å². The van der Waals surface area contributed by atoms with Crippen molar-refractivity contribution in [2.45, 2.75) is 45.1 Å². The van der Waals surface area contributed by atoms with Crippen LogP contribution in [-0.2, 0) is 24.1 Å². The van der Waals surface area contributed by atoms with Gasteiger partial charge in [0.1, 0.15) is 11.6 Å². The number of aryl methyl sites for hydroxylation is 1. The van der Waals surface area contributed by atoms with E-state index in [1.807, 2.05) is 31.3 Å². The standard InChI is InChI=1S/C27H34FN5O/c1-20-19-31-26(32-20)10-14-29-24-11-15-33(16-12-24)25-7-5-22(6-8-25)18-27(34)30-13-9-21-3-2-4-23(28)17-21/h2-8,17,19,24,29H,9-16,18H2,1H3,(H,30,34)(H,31,32). The molecule has 0 spiro atoms. The summed E-state index contributed by atoms with van der Waals surface area (Å²) in [5.41, 5.74) is 4.20. The number of nitrogens with zero attached hydrogens (tertiary/aromatic N) is 2. The number of anilines is 1. The average molecular weight is 464 g/mol. The number of H-pyrrole nitrogens is 1. The first-order valence-electron chi connectivity index (χ1n) is 12.1. The van der Waals surface area contributed by atoms with Crippen molar-refractivity contribution in [2.24, 2.45) is 0 Å². The van der Waals surface area contributed by atoms with Gasteiger partial charge in [-0.2, -0.15) is 0 Å². The summed E-state index contributed by atoms with van der Waals surface area (Å²) in [7, 11) is 0. The van der Waals surface area contributed by atoms with Gasteiger partial charge in [0.15, 0.2) is 0 Å². The second-order valence-corrected chi connectivity index (χ2v) is 9.05. The number of imidazole rings is 1. The van der Waals surface area contributed by atoms with Gasteiger partial charge in [0.05, 0.1) is 6.42 Å². The predicted octanol–water partition coefficient (Wildman–Crippen LogP) is 3.56. The molecule has 0 radical (unpaired) electrons. The molecule has 1 aromatic heterocycles. The topological polar surface area (TPSA) is 73.1 Å². The second-order valence-electron chi connectivity index (χ2n) is 9.05. The molecule has 0 bridgehead atoms. The Hall–Kier alpha value is -3.19. The lowest BCUT2D eigenvalue weighted by Gasteiger charge is -2.34. The van der Waals surface area contributed by atoms with E-state index in [9.17, 15) is 9.18 Å². The van der Waals surface area contributed by atoms with Gasteiger partial charge in [0, 0.05) is 56.2 Å². The third kappa shape index (κ3) is 7.15. The number of hydrogen-bond donors (Lipinski definition) is 3. The predicted molar refractivity (Wildman–Crippen MR) is 134 cm³/mol. The van der Waals surface area contributed by atoms with E-state index >= 15 is 0 Å². The van der Waals surface area contributed by atoms with Crippen LogP contribution in [0.25, 0.3) is 0 Å². The van der Waals surface area contributed by atoms with Gasteiger partial charge < -0.3 is 20.5 Å². The number of rotatable bonds is 10. The zero-order valence-corrected chi connectivity index (χ0v) is 19.8. The molecule has 0 unspecified atom stereocenters. The summed E-state index contributed by atoms with van der Waals surface area (Å²) in [4.78, 5) is 22.3. The Kier molecular flexibility index (Phi) is 8.31. The fourth-order valence-corrected chi connectivity index (χ4v) is 4.44. The lowest BCUT2D eigenvalue weighted by molar-refractivity contribution is -0.120. The molecule has 180 valence electrons. The summed E-state index contributed by atoms with van der Waals surface area (Å²) in [6, 6.07) is 15.3. The number of nitrogens with one attached hydrogen (secondary N) is 3. The summed E-state index contributed by atoms with van der Waals surface area (Å²) in [6.45, 7) is 5.52. The number of benzene rings is 2. The largest absolute Gasteiger partial charge is 0.371 e. The lowest BCUT2D eigenvalue weighted by Crippen LogP contribution is -2.43. The summed E-state index contributed by atoms with van der Waals surface area (Å²) < 4.78 is 13.2. The lowest BCUT2D eigenvalue weighted by atomic mass is 10.0. The molecule has 1 saturated heterocycles. The fourth-order valence-electron chi connectivity index (χ4n) is 4.44. The Balaban J connectivity index is 1.14. The molecule has 1 aliphatic rings. The first-order valence-corrected chi connectivity index (χ1v) is 12.1. The van der Waals surface area contributed by atoms with E-state index in [1.54, 1.807) is 6.07 Å². The zero-order chi connectivity index (χ0) is 23.8. The molecule has 0 atom stereocenters. The van der Waals surface area contributed by atoms with Gasteiger partial charge in [-0.25, -0.2) is 9.37 Å². The number of piperidine rings is 1. The molecule has 6 nitrogen and oxygen atoms in total. The van der Waals surface area contributed by atoms with Gasteiger partial charge >= 0.3 is 0 Å². The van der Waals surface area contributed by atoms with Crippen molar-refractivity contribution < 1.29 is 9.18 Å². The summed E-state index contributed by atoms with van der Waals surface area (Å²) in [5.74, 6) is 0.785. The van der Waals surface area contributed by atoms with Crippen LogP contribution >= 0.6 is 0 Å². The first-order chi connectivity index (χ1) is 16.5. The van der Waals surface area contributed by atoms with E-state index in [0.29, 0.717) is 25.4 Å². The van der Waals surface area contributed by atoms with Gasteiger partial charge in [0.2, 0.25) is 5.91 Å². The number of aromatic amines is 1. The summed E-state index contributed by atoms with van der Waals surface area (Å²) in [6.07, 6.45) is 6.01. The number of carbonyl (C=O) groups excluding carboxylic acids is 1. The molecule has 0 saturated carbocycles. The monoisotopic (exact) mass is 463 g/mol. The molecule has 1 amide bonds. The Labute approximate surface area is 201 Å². The summed E-state index contributed by atoms with van der Waals surface area (Å²) >= 11 is 0. The number of carbonyl (C=O) groups is 1. The van der Waals surface area contributed by atoms with E-state index in [-0.39, 0.29) is 11.7 Å². The molecule has 4 rings (SSSR count). The van der Waals surface area contributed by atoms with Crippen LogP contribution in [0.3, 0.4) is 0 Å². The highest BCUT2D eigenvalue weighted by molar-refractivity contribution is 5.78. The van der Waals surface area contributed by atoms with E-state index in [2.05, 4.69) is 37.6 Å². The molecule has 3 N–H and O–H groups in total. The van der Waals surface area contributed by atoms with Gasteiger partial charge in [-0.1, -0.05) is 24.3 Å². The van der Waals surface area contributed by atoms with E-state index in [4.69, 9.17) is 0 Å². The highest BCUT2D eigenvalue weighted by Gasteiger charge is 2.19. The normalized spacial score (nSPS) is 14.4. The molecule has 2 aromatic carbocycles. The Morgan fingerprint density at radius 2 is 1.88 bits per heavy atom. The van der Waals surface area contributed by atoms with Crippen molar-refractivity contribution in [2.75, 3.05) is 31.1 Å². The van der Waals surface area contributed by atoms with Crippen LogP contribution in [0.2, 0.25) is 0 Å². The van der Waals surface area contributed by atoms with Crippen LogP contribution in [0.15, 0.2) is 54.7 Å². The molecule has 2 heterocycles. The maximum Gasteiger partial charge on any atom is 0.224 e. The van der Waals surface area contributed by atoms with Crippen LogP contribution in [0.1, 0.15) is 35.5 Å². The zero-order valence-electron chi connectivity index (χ0n) is 19.8. The van der Waals surface area contributed by atoms with Gasteiger partial charge in [-0.15, -0.1) is 0 Å². The van der Waals surface area contributed by atoms with Crippen LogP contribution in [0, 0.1) is 12.7 Å². The van der Waals surface area contributed by atoms with Gasteiger partial charge in [0.25, 0.3) is 0 Å².